The highest BCUT2D eigenvalue weighted by atomic mass is 16.5. The summed E-state index contributed by atoms with van der Waals surface area (Å²) in [6, 6.07) is 14.8. The lowest BCUT2D eigenvalue weighted by Gasteiger charge is -2.24. The van der Waals surface area contributed by atoms with Gasteiger partial charge in [-0.2, -0.15) is 5.10 Å². The van der Waals surface area contributed by atoms with Gasteiger partial charge < -0.3 is 19.4 Å². The number of nitrogens with zero attached hydrogens (tertiary/aromatic N) is 2. The number of benzene rings is 2. The summed E-state index contributed by atoms with van der Waals surface area (Å²) in [5.74, 6) is -0.146. The minimum atomic E-state index is -1.17. The molecular formula is C22H23N2O5-. The predicted octanol–water partition coefficient (Wildman–Crippen LogP) is 2.30. The second-order valence-electron chi connectivity index (χ2n) is 6.70. The molecule has 0 aromatic heterocycles. The van der Waals surface area contributed by atoms with Gasteiger partial charge in [-0.1, -0.05) is 30.3 Å². The summed E-state index contributed by atoms with van der Waals surface area (Å²) < 4.78 is 10.8. The number of aliphatic carboxylic acids is 1. The van der Waals surface area contributed by atoms with Crippen LogP contribution in [0.25, 0.3) is 0 Å². The third-order valence-electron chi connectivity index (χ3n) is 4.84. The fourth-order valence-electron chi connectivity index (χ4n) is 3.38. The number of carboxylic acids is 1. The Morgan fingerprint density at radius 3 is 2.52 bits per heavy atom. The van der Waals surface area contributed by atoms with Crippen molar-refractivity contribution in [2.24, 2.45) is 5.10 Å². The van der Waals surface area contributed by atoms with E-state index in [4.69, 9.17) is 9.47 Å². The number of carbonyl (C=O) groups is 2. The molecule has 0 aliphatic carbocycles. The molecule has 0 bridgehead atoms. The molecule has 0 N–H and O–H groups in total. The summed E-state index contributed by atoms with van der Waals surface area (Å²) >= 11 is 0. The second-order valence-corrected chi connectivity index (χ2v) is 6.70. The minimum absolute atomic E-state index is 0.0779. The van der Waals surface area contributed by atoms with Gasteiger partial charge in [-0.15, -0.1) is 0 Å². The van der Waals surface area contributed by atoms with Gasteiger partial charge in [0.25, 0.3) is 0 Å². The zero-order valence-electron chi connectivity index (χ0n) is 16.5. The van der Waals surface area contributed by atoms with Crippen LogP contribution in [0.4, 0.5) is 0 Å². The molecule has 1 aliphatic heterocycles. The Bertz CT molecular complexity index is 911. The van der Waals surface area contributed by atoms with Crippen molar-refractivity contribution in [1.82, 2.24) is 5.01 Å². The van der Waals surface area contributed by atoms with Crippen molar-refractivity contribution in [2.75, 3.05) is 14.2 Å². The van der Waals surface area contributed by atoms with E-state index < -0.39 is 5.97 Å². The van der Waals surface area contributed by atoms with Crippen LogP contribution in [0.15, 0.2) is 53.6 Å². The van der Waals surface area contributed by atoms with E-state index in [1.807, 2.05) is 42.5 Å². The average Bonchev–Trinajstić information content (AvgIpc) is 3.19. The maximum atomic E-state index is 12.9. The Balaban J connectivity index is 1.92. The van der Waals surface area contributed by atoms with Gasteiger partial charge in [0, 0.05) is 30.4 Å². The molecule has 0 radical (unpaired) electrons. The molecule has 3 rings (SSSR count). The minimum Gasteiger partial charge on any atom is -0.550 e. The first-order chi connectivity index (χ1) is 14.0. The van der Waals surface area contributed by atoms with Gasteiger partial charge in [0.15, 0.2) is 0 Å². The van der Waals surface area contributed by atoms with Crippen LogP contribution in [-0.4, -0.2) is 36.8 Å². The van der Waals surface area contributed by atoms with E-state index in [2.05, 4.69) is 5.10 Å². The van der Waals surface area contributed by atoms with Crippen molar-refractivity contribution in [1.29, 1.82) is 0 Å². The summed E-state index contributed by atoms with van der Waals surface area (Å²) in [6.45, 7) is 0. The van der Waals surface area contributed by atoms with Gasteiger partial charge in [0.2, 0.25) is 5.91 Å². The van der Waals surface area contributed by atoms with Crippen molar-refractivity contribution < 1.29 is 24.2 Å². The molecule has 7 heteroatoms. The Morgan fingerprint density at radius 1 is 1.10 bits per heavy atom. The van der Waals surface area contributed by atoms with Crippen molar-refractivity contribution in [3.8, 4) is 11.5 Å². The first-order valence-electron chi connectivity index (χ1n) is 9.40. The molecule has 1 aliphatic rings. The molecule has 0 fully saturated rings. The zero-order valence-corrected chi connectivity index (χ0v) is 16.5. The number of hydrazone groups is 1. The molecule has 7 nitrogen and oxygen atoms in total. The fraction of sp³-hybridized carbons (Fsp3) is 0.318. The standard InChI is InChI=1S/C22H24N2O5/c1-28-16-11-12-17(20(13-16)29-2)19-14-18(15-7-4-3-5-8-15)23-24(19)21(25)9-6-10-22(26)27/h3-5,7-8,11-13,19H,6,9-10,14H2,1-2H3,(H,26,27)/p-1/t19-/m0/s1. The third kappa shape index (κ3) is 4.74. The molecule has 1 heterocycles. The molecule has 0 unspecified atom stereocenters. The van der Waals surface area contributed by atoms with Gasteiger partial charge in [0.1, 0.15) is 11.5 Å². The van der Waals surface area contributed by atoms with Gasteiger partial charge in [0.05, 0.1) is 26.0 Å². The van der Waals surface area contributed by atoms with E-state index in [9.17, 15) is 14.7 Å². The number of rotatable bonds is 8. The van der Waals surface area contributed by atoms with Crippen LogP contribution in [0.1, 0.15) is 42.9 Å². The first kappa shape index (κ1) is 20.4. The van der Waals surface area contributed by atoms with Gasteiger partial charge in [-0.25, -0.2) is 5.01 Å². The maximum Gasteiger partial charge on any atom is 0.243 e. The monoisotopic (exact) mass is 395 g/mol. The number of hydrogen-bond acceptors (Lipinski definition) is 6. The zero-order chi connectivity index (χ0) is 20.8. The highest BCUT2D eigenvalue weighted by Gasteiger charge is 2.34. The number of amides is 1. The van der Waals surface area contributed by atoms with E-state index >= 15 is 0 Å². The number of hydrogen-bond donors (Lipinski definition) is 0. The molecule has 1 amide bonds. The molecule has 29 heavy (non-hydrogen) atoms. The van der Waals surface area contributed by atoms with Crippen LogP contribution >= 0.6 is 0 Å². The first-order valence-corrected chi connectivity index (χ1v) is 9.40. The van der Waals surface area contributed by atoms with Crippen molar-refractivity contribution in [2.45, 2.75) is 31.7 Å². The Labute approximate surface area is 169 Å². The number of methoxy groups -OCH3 is 2. The highest BCUT2D eigenvalue weighted by molar-refractivity contribution is 6.03. The largest absolute Gasteiger partial charge is 0.550 e. The van der Waals surface area contributed by atoms with Crippen molar-refractivity contribution >= 4 is 17.6 Å². The predicted molar refractivity (Wildman–Crippen MR) is 106 cm³/mol. The van der Waals surface area contributed by atoms with Gasteiger partial charge >= 0.3 is 0 Å². The van der Waals surface area contributed by atoms with Crippen LogP contribution in [0, 0.1) is 0 Å². The number of carboxylic acid groups (broad SMARTS) is 1. The molecule has 1 atom stereocenters. The van der Waals surface area contributed by atoms with Crippen molar-refractivity contribution in [3.05, 3.63) is 59.7 Å². The van der Waals surface area contributed by atoms with E-state index in [0.717, 1.165) is 16.8 Å². The molecule has 2 aromatic carbocycles. The molecule has 152 valence electrons. The SMILES string of the molecule is COc1ccc([C@@H]2CC(c3ccccc3)=NN2C(=O)CCCC(=O)[O-])c(OC)c1. The van der Waals surface area contributed by atoms with Crippen LogP contribution in [0.5, 0.6) is 11.5 Å². The van der Waals surface area contributed by atoms with Crippen LogP contribution in [-0.2, 0) is 9.59 Å². The molecule has 0 saturated heterocycles. The third-order valence-corrected chi connectivity index (χ3v) is 4.84. The maximum absolute atomic E-state index is 12.9. The van der Waals surface area contributed by atoms with E-state index in [1.54, 1.807) is 20.3 Å². The molecular weight excluding hydrogens is 372 g/mol. The van der Waals surface area contributed by atoms with E-state index in [0.29, 0.717) is 17.9 Å². The topological polar surface area (TPSA) is 91.3 Å². The average molecular weight is 395 g/mol. The Hall–Kier alpha value is -3.35. The number of ether oxygens (including phenoxy) is 2. The molecule has 0 saturated carbocycles. The second kappa shape index (κ2) is 9.23. The van der Waals surface area contributed by atoms with Gasteiger partial charge in [-0.3, -0.25) is 4.79 Å². The van der Waals surface area contributed by atoms with E-state index in [1.165, 1.54) is 5.01 Å². The Morgan fingerprint density at radius 2 is 1.86 bits per heavy atom. The molecule has 0 spiro atoms. The quantitative estimate of drug-likeness (QED) is 0.684. The summed E-state index contributed by atoms with van der Waals surface area (Å²) in [4.78, 5) is 23.5. The van der Waals surface area contributed by atoms with Crippen LogP contribution < -0.4 is 14.6 Å². The van der Waals surface area contributed by atoms with Gasteiger partial charge in [-0.05, 0) is 30.5 Å². The summed E-state index contributed by atoms with van der Waals surface area (Å²) in [5, 5.41) is 16.7. The fourth-order valence-corrected chi connectivity index (χ4v) is 3.38. The lowest BCUT2D eigenvalue weighted by molar-refractivity contribution is -0.305. The summed E-state index contributed by atoms with van der Waals surface area (Å²) in [6.07, 6.45) is 0.652. The Kier molecular flexibility index (Phi) is 6.49. The van der Waals surface area contributed by atoms with Crippen LogP contribution in [0.3, 0.4) is 0 Å². The highest BCUT2D eigenvalue weighted by Crippen LogP contribution is 2.39. The lowest BCUT2D eigenvalue weighted by atomic mass is 9.97. The lowest BCUT2D eigenvalue weighted by Crippen LogP contribution is -2.28. The smallest absolute Gasteiger partial charge is 0.243 e. The summed E-state index contributed by atoms with van der Waals surface area (Å²) in [5.41, 5.74) is 2.55. The normalized spacial score (nSPS) is 15.7. The van der Waals surface area contributed by atoms with Crippen LogP contribution in [0.2, 0.25) is 0 Å². The number of carbonyl (C=O) groups excluding carboxylic acids is 2. The van der Waals surface area contributed by atoms with Crippen molar-refractivity contribution in [3.63, 3.8) is 0 Å². The summed E-state index contributed by atoms with van der Waals surface area (Å²) in [7, 11) is 3.14. The van der Waals surface area contributed by atoms with E-state index in [-0.39, 0.29) is 31.2 Å². The molecule has 2 aromatic rings.